The molecule has 1 saturated carbocycles. The molecule has 1 fully saturated rings. The molecule has 2 nitrogen and oxygen atoms in total. The van der Waals surface area contributed by atoms with Crippen LogP contribution >= 0.6 is 0 Å². The summed E-state index contributed by atoms with van der Waals surface area (Å²) in [5.41, 5.74) is 5.77. The third-order valence-electron chi connectivity index (χ3n) is 2.87. The van der Waals surface area contributed by atoms with Crippen LogP contribution in [0.15, 0.2) is 0 Å². The van der Waals surface area contributed by atoms with Crippen molar-refractivity contribution in [1.82, 2.24) is 4.90 Å². The molecule has 1 aliphatic rings. The molecule has 0 atom stereocenters. The maximum Gasteiger partial charge on any atom is 0.00450 e. The van der Waals surface area contributed by atoms with Gasteiger partial charge in [0.15, 0.2) is 0 Å². The Bertz CT molecular complexity index is 124. The predicted octanol–water partition coefficient (Wildman–Crippen LogP) is 1.85. The van der Waals surface area contributed by atoms with Gasteiger partial charge in [0, 0.05) is 12.6 Å². The van der Waals surface area contributed by atoms with E-state index in [0.29, 0.717) is 6.04 Å². The molecule has 0 saturated heterocycles. The predicted molar refractivity (Wildman–Crippen MR) is 57.7 cm³/mol. The molecule has 0 spiro atoms. The molecule has 0 bridgehead atoms. The third-order valence-corrected chi connectivity index (χ3v) is 2.87. The summed E-state index contributed by atoms with van der Waals surface area (Å²) in [6.07, 6.45) is 5.06. The van der Waals surface area contributed by atoms with Crippen LogP contribution in [0.2, 0.25) is 0 Å². The summed E-state index contributed by atoms with van der Waals surface area (Å²) >= 11 is 0. The molecule has 0 heterocycles. The van der Waals surface area contributed by atoms with Crippen LogP contribution in [0.25, 0.3) is 0 Å². The lowest BCUT2D eigenvalue weighted by Crippen LogP contribution is -2.43. The van der Waals surface area contributed by atoms with Gasteiger partial charge in [0.25, 0.3) is 0 Å². The van der Waals surface area contributed by atoms with Crippen LogP contribution < -0.4 is 5.73 Å². The molecule has 0 unspecified atom stereocenters. The zero-order chi connectivity index (χ0) is 9.68. The summed E-state index contributed by atoms with van der Waals surface area (Å²) < 4.78 is 0. The van der Waals surface area contributed by atoms with Gasteiger partial charge >= 0.3 is 0 Å². The largest absolute Gasteiger partial charge is 0.328 e. The first-order valence-corrected chi connectivity index (χ1v) is 5.74. The first kappa shape index (κ1) is 11.0. The Labute approximate surface area is 82.5 Å². The molecule has 13 heavy (non-hydrogen) atoms. The van der Waals surface area contributed by atoms with E-state index in [1.54, 1.807) is 0 Å². The van der Waals surface area contributed by atoms with E-state index < -0.39 is 0 Å². The summed E-state index contributed by atoms with van der Waals surface area (Å²) in [4.78, 5) is 2.59. The van der Waals surface area contributed by atoms with Crippen LogP contribution in [0.4, 0.5) is 0 Å². The summed E-state index contributed by atoms with van der Waals surface area (Å²) in [5, 5.41) is 0. The van der Waals surface area contributed by atoms with Crippen molar-refractivity contribution in [2.45, 2.75) is 45.6 Å². The summed E-state index contributed by atoms with van der Waals surface area (Å²) in [5.74, 6) is 0.896. The van der Waals surface area contributed by atoms with Crippen LogP contribution in [0.5, 0.6) is 0 Å². The van der Waals surface area contributed by atoms with Gasteiger partial charge in [0.05, 0.1) is 0 Å². The van der Waals surface area contributed by atoms with E-state index in [9.17, 15) is 0 Å². The lowest BCUT2D eigenvalue weighted by molar-refractivity contribution is 0.160. The van der Waals surface area contributed by atoms with Gasteiger partial charge in [-0.3, -0.25) is 0 Å². The van der Waals surface area contributed by atoms with Gasteiger partial charge in [-0.2, -0.15) is 0 Å². The highest BCUT2D eigenvalue weighted by atomic mass is 15.1. The third kappa shape index (κ3) is 3.65. The Balaban J connectivity index is 2.14. The zero-order valence-corrected chi connectivity index (χ0v) is 9.13. The van der Waals surface area contributed by atoms with Crippen LogP contribution in [0.3, 0.4) is 0 Å². The van der Waals surface area contributed by atoms with Crippen molar-refractivity contribution < 1.29 is 0 Å². The number of hydrogen-bond donors (Lipinski definition) is 1. The molecule has 0 amide bonds. The summed E-state index contributed by atoms with van der Waals surface area (Å²) in [6, 6.07) is 0.509. The fourth-order valence-corrected chi connectivity index (χ4v) is 2.23. The minimum absolute atomic E-state index is 0.509. The van der Waals surface area contributed by atoms with Gasteiger partial charge in [0.2, 0.25) is 0 Å². The van der Waals surface area contributed by atoms with E-state index in [1.165, 1.54) is 45.3 Å². The van der Waals surface area contributed by atoms with Gasteiger partial charge < -0.3 is 10.6 Å². The van der Waals surface area contributed by atoms with Crippen LogP contribution in [0.1, 0.15) is 39.5 Å². The number of hydrogen-bond acceptors (Lipinski definition) is 2. The maximum atomic E-state index is 5.77. The highest BCUT2D eigenvalue weighted by Crippen LogP contribution is 2.26. The molecule has 1 rings (SSSR count). The summed E-state index contributed by atoms with van der Waals surface area (Å²) in [6.45, 7) is 8.33. The van der Waals surface area contributed by atoms with E-state index in [0.717, 1.165) is 5.92 Å². The van der Waals surface area contributed by atoms with Gasteiger partial charge in [-0.15, -0.1) is 0 Å². The molecule has 2 heteroatoms. The standard InChI is InChI=1S/C11H24N2/c1-3-5-13(6-4-2)9-10-7-11(12)8-10/h10-11H,3-9,12H2,1-2H3. The molecule has 0 aliphatic heterocycles. The topological polar surface area (TPSA) is 29.3 Å². The minimum atomic E-state index is 0.509. The van der Waals surface area contributed by atoms with Crippen LogP contribution in [0, 0.1) is 5.92 Å². The van der Waals surface area contributed by atoms with Crippen molar-refractivity contribution in [1.29, 1.82) is 0 Å². The molecule has 1 aliphatic carbocycles. The van der Waals surface area contributed by atoms with Crippen molar-refractivity contribution in [2.75, 3.05) is 19.6 Å². The van der Waals surface area contributed by atoms with Crippen molar-refractivity contribution in [3.8, 4) is 0 Å². The summed E-state index contributed by atoms with van der Waals surface area (Å²) in [7, 11) is 0. The average molecular weight is 184 g/mol. The van der Waals surface area contributed by atoms with Crippen LogP contribution in [-0.4, -0.2) is 30.6 Å². The highest BCUT2D eigenvalue weighted by molar-refractivity contribution is 4.84. The molecular weight excluding hydrogens is 160 g/mol. The Morgan fingerprint density at radius 1 is 1.15 bits per heavy atom. The second-order valence-corrected chi connectivity index (χ2v) is 4.40. The Morgan fingerprint density at radius 2 is 1.69 bits per heavy atom. The molecule has 0 radical (unpaired) electrons. The number of nitrogens with zero attached hydrogens (tertiary/aromatic N) is 1. The molecule has 0 aromatic heterocycles. The van der Waals surface area contributed by atoms with E-state index in [-0.39, 0.29) is 0 Å². The molecule has 0 aromatic carbocycles. The lowest BCUT2D eigenvalue weighted by atomic mass is 9.80. The highest BCUT2D eigenvalue weighted by Gasteiger charge is 2.26. The smallest absolute Gasteiger partial charge is 0.00450 e. The van der Waals surface area contributed by atoms with Crippen molar-refractivity contribution in [3.05, 3.63) is 0 Å². The van der Waals surface area contributed by atoms with Gasteiger partial charge in [-0.25, -0.2) is 0 Å². The number of nitrogens with two attached hydrogens (primary N) is 1. The average Bonchev–Trinajstić information content (AvgIpc) is 2.02. The molecule has 2 N–H and O–H groups in total. The van der Waals surface area contributed by atoms with Crippen LogP contribution in [-0.2, 0) is 0 Å². The van der Waals surface area contributed by atoms with E-state index in [4.69, 9.17) is 5.73 Å². The Hall–Kier alpha value is -0.0800. The van der Waals surface area contributed by atoms with Gasteiger partial charge in [-0.1, -0.05) is 13.8 Å². The fourth-order valence-electron chi connectivity index (χ4n) is 2.23. The first-order chi connectivity index (χ1) is 6.26. The van der Waals surface area contributed by atoms with Crippen molar-refractivity contribution in [2.24, 2.45) is 11.7 Å². The lowest BCUT2D eigenvalue weighted by Gasteiger charge is -2.36. The molecular formula is C11H24N2. The second kappa shape index (κ2) is 5.61. The Kier molecular flexibility index (Phi) is 4.74. The van der Waals surface area contributed by atoms with E-state index in [1.807, 2.05) is 0 Å². The number of rotatable bonds is 6. The van der Waals surface area contributed by atoms with Crippen molar-refractivity contribution in [3.63, 3.8) is 0 Å². The molecule has 78 valence electrons. The molecule has 0 aromatic rings. The van der Waals surface area contributed by atoms with E-state index >= 15 is 0 Å². The SMILES string of the molecule is CCCN(CCC)CC1CC(N)C1. The second-order valence-electron chi connectivity index (χ2n) is 4.40. The van der Waals surface area contributed by atoms with Gasteiger partial charge in [0.1, 0.15) is 0 Å². The van der Waals surface area contributed by atoms with Gasteiger partial charge in [-0.05, 0) is 44.7 Å². The Morgan fingerprint density at radius 3 is 2.08 bits per heavy atom. The van der Waals surface area contributed by atoms with E-state index in [2.05, 4.69) is 18.7 Å². The van der Waals surface area contributed by atoms with Crippen molar-refractivity contribution >= 4 is 0 Å². The zero-order valence-electron chi connectivity index (χ0n) is 9.13. The normalized spacial score (nSPS) is 27.7. The fraction of sp³-hybridized carbons (Fsp3) is 1.00. The maximum absolute atomic E-state index is 5.77. The quantitative estimate of drug-likeness (QED) is 0.682. The monoisotopic (exact) mass is 184 g/mol. The minimum Gasteiger partial charge on any atom is -0.328 e. The first-order valence-electron chi connectivity index (χ1n) is 5.74.